The van der Waals surface area contributed by atoms with Crippen molar-refractivity contribution in [2.45, 2.75) is 52.2 Å². The second kappa shape index (κ2) is 12.0. The minimum absolute atomic E-state index is 0.00673. The summed E-state index contributed by atoms with van der Waals surface area (Å²) >= 11 is 0. The average molecular weight is 389 g/mol. The molecule has 0 rings (SSSR count). The molecule has 0 aromatic rings. The first-order valence-corrected chi connectivity index (χ1v) is 8.72. The number of ether oxygens (including phenoxy) is 3. The number of rotatable bonds is 9. The van der Waals surface area contributed by atoms with Crippen molar-refractivity contribution in [1.29, 1.82) is 0 Å². The summed E-state index contributed by atoms with van der Waals surface area (Å²) in [7, 11) is 2.75. The Balaban J connectivity index is 4.47. The Morgan fingerprint density at radius 2 is 1.74 bits per heavy atom. The fraction of sp³-hybridized carbons (Fsp3) is 0.765. The van der Waals surface area contributed by atoms with E-state index >= 15 is 0 Å². The summed E-state index contributed by atoms with van der Waals surface area (Å²) in [4.78, 5) is 48.4. The lowest BCUT2D eigenvalue weighted by Gasteiger charge is -2.23. The molecule has 1 atom stereocenters. The molecule has 2 N–H and O–H groups in total. The van der Waals surface area contributed by atoms with Gasteiger partial charge >= 0.3 is 18.2 Å². The molecule has 0 saturated heterocycles. The van der Waals surface area contributed by atoms with Gasteiger partial charge in [0, 0.05) is 20.0 Å². The van der Waals surface area contributed by atoms with Gasteiger partial charge in [0.15, 0.2) is 0 Å². The first kappa shape index (κ1) is 24.5. The summed E-state index contributed by atoms with van der Waals surface area (Å²) in [6.45, 7) is 7.55. The fourth-order valence-electron chi connectivity index (χ4n) is 1.90. The van der Waals surface area contributed by atoms with Crippen LogP contribution in [0.4, 0.5) is 9.59 Å². The van der Waals surface area contributed by atoms with Crippen molar-refractivity contribution >= 4 is 24.1 Å². The minimum atomic E-state index is -1.01. The van der Waals surface area contributed by atoms with Crippen LogP contribution in [0.1, 0.15) is 40.5 Å². The smallest absolute Gasteiger partial charge is 0.408 e. The molecule has 0 aromatic carbocycles. The van der Waals surface area contributed by atoms with Gasteiger partial charge in [0.1, 0.15) is 18.2 Å². The predicted octanol–water partition coefficient (Wildman–Crippen LogP) is 1.04. The number of hydrogen-bond acceptors (Lipinski definition) is 7. The van der Waals surface area contributed by atoms with Crippen LogP contribution in [0.5, 0.6) is 0 Å². The first-order chi connectivity index (χ1) is 12.5. The summed E-state index contributed by atoms with van der Waals surface area (Å²) in [5, 5.41) is 4.88. The van der Waals surface area contributed by atoms with Crippen LogP contribution in [0, 0.1) is 0 Å². The average Bonchev–Trinajstić information content (AvgIpc) is 2.55. The highest BCUT2D eigenvalue weighted by Gasteiger charge is 2.26. The normalized spacial score (nSPS) is 11.8. The van der Waals surface area contributed by atoms with E-state index in [1.165, 1.54) is 12.0 Å². The van der Waals surface area contributed by atoms with E-state index in [0.29, 0.717) is 6.54 Å². The molecule has 0 radical (unpaired) electrons. The molecule has 0 aliphatic rings. The topological polar surface area (TPSA) is 123 Å². The number of esters is 1. The highest BCUT2D eigenvalue weighted by Crippen LogP contribution is 2.09. The van der Waals surface area contributed by atoms with Crippen LogP contribution in [0.15, 0.2) is 0 Å². The third-order valence-corrected chi connectivity index (χ3v) is 3.23. The highest BCUT2D eigenvalue weighted by molar-refractivity contribution is 5.82. The van der Waals surface area contributed by atoms with E-state index in [1.807, 2.05) is 0 Å². The minimum Gasteiger partial charge on any atom is -0.467 e. The second-order valence-corrected chi connectivity index (χ2v) is 6.74. The lowest BCUT2D eigenvalue weighted by Crippen LogP contribution is -2.44. The number of carbonyl (C=O) groups is 4. The molecule has 10 nitrogen and oxygen atoms in total. The van der Waals surface area contributed by atoms with Crippen molar-refractivity contribution in [3.8, 4) is 0 Å². The van der Waals surface area contributed by atoms with Crippen molar-refractivity contribution in [2.75, 3.05) is 33.9 Å². The van der Waals surface area contributed by atoms with Crippen molar-refractivity contribution < 1.29 is 33.4 Å². The highest BCUT2D eigenvalue weighted by atomic mass is 16.6. The van der Waals surface area contributed by atoms with Gasteiger partial charge in [0.2, 0.25) is 5.91 Å². The van der Waals surface area contributed by atoms with E-state index in [-0.39, 0.29) is 31.9 Å². The zero-order valence-electron chi connectivity index (χ0n) is 16.9. The van der Waals surface area contributed by atoms with E-state index in [1.54, 1.807) is 34.7 Å². The first-order valence-electron chi connectivity index (χ1n) is 8.72. The molecule has 0 heterocycles. The maximum Gasteiger partial charge on any atom is 0.408 e. The quantitative estimate of drug-likeness (QED) is 0.446. The molecule has 0 saturated carbocycles. The predicted molar refractivity (Wildman–Crippen MR) is 97.1 cm³/mol. The van der Waals surface area contributed by atoms with Gasteiger partial charge in [-0.2, -0.15) is 0 Å². The third-order valence-electron chi connectivity index (χ3n) is 3.23. The molecule has 156 valence electrons. The summed E-state index contributed by atoms with van der Waals surface area (Å²) < 4.78 is 14.6. The van der Waals surface area contributed by atoms with Crippen LogP contribution in [-0.2, 0) is 23.8 Å². The number of likely N-dealkylation sites (N-methyl/N-ethyl adjacent to an activating group) is 1. The maximum atomic E-state index is 12.1. The molecule has 0 aromatic heterocycles. The summed E-state index contributed by atoms with van der Waals surface area (Å²) in [5.74, 6) is -0.940. The van der Waals surface area contributed by atoms with Crippen LogP contribution in [0.2, 0.25) is 0 Å². The molecular weight excluding hydrogens is 358 g/mol. The zero-order valence-corrected chi connectivity index (χ0v) is 16.9. The van der Waals surface area contributed by atoms with Crippen LogP contribution < -0.4 is 10.6 Å². The number of nitrogens with zero attached hydrogens (tertiary/aromatic N) is 1. The summed E-state index contributed by atoms with van der Waals surface area (Å²) in [6, 6.07) is -1.01. The molecule has 0 aliphatic heterocycles. The van der Waals surface area contributed by atoms with Crippen LogP contribution in [0.25, 0.3) is 0 Å². The molecule has 10 heteroatoms. The third kappa shape index (κ3) is 11.7. The Morgan fingerprint density at radius 3 is 2.26 bits per heavy atom. The molecule has 0 bridgehead atoms. The van der Waals surface area contributed by atoms with Crippen molar-refractivity contribution in [2.24, 2.45) is 0 Å². The maximum absolute atomic E-state index is 12.1. The molecule has 27 heavy (non-hydrogen) atoms. The van der Waals surface area contributed by atoms with E-state index in [0.717, 1.165) is 0 Å². The number of alkyl carbamates (subject to hydrolysis) is 2. The number of nitrogens with one attached hydrogen (secondary N) is 2. The lowest BCUT2D eigenvalue weighted by atomic mass is 10.1. The van der Waals surface area contributed by atoms with E-state index < -0.39 is 29.8 Å². The molecule has 0 spiro atoms. The van der Waals surface area contributed by atoms with E-state index in [9.17, 15) is 19.2 Å². The Hall–Kier alpha value is -2.52. The second-order valence-electron chi connectivity index (χ2n) is 6.74. The Bertz CT molecular complexity index is 517. The van der Waals surface area contributed by atoms with Crippen molar-refractivity contribution in [3.63, 3.8) is 0 Å². The molecule has 0 unspecified atom stereocenters. The van der Waals surface area contributed by atoms with Gasteiger partial charge < -0.3 is 29.7 Å². The fourth-order valence-corrected chi connectivity index (χ4v) is 1.90. The number of carbonyl (C=O) groups excluding carboxylic acids is 4. The molecule has 0 aliphatic carbocycles. The summed E-state index contributed by atoms with van der Waals surface area (Å²) in [6.07, 6.45) is -1.28. The number of amides is 3. The van der Waals surface area contributed by atoms with E-state index in [2.05, 4.69) is 15.4 Å². The van der Waals surface area contributed by atoms with Gasteiger partial charge in [-0.3, -0.25) is 4.79 Å². The molecule has 0 fully saturated rings. The molecule has 3 amide bonds. The van der Waals surface area contributed by atoms with Gasteiger partial charge in [0.25, 0.3) is 0 Å². The van der Waals surface area contributed by atoms with E-state index in [4.69, 9.17) is 9.47 Å². The van der Waals surface area contributed by atoms with Gasteiger partial charge in [-0.05, 0) is 34.1 Å². The SMILES string of the molecule is CCNC(=O)OCCN(C)C(=O)CC[C@H](NC(=O)OC(C)(C)C)C(=O)OC. The van der Waals surface area contributed by atoms with Crippen LogP contribution in [-0.4, -0.2) is 74.5 Å². The Morgan fingerprint density at radius 1 is 1.11 bits per heavy atom. The molecular formula is C17H31N3O7. The van der Waals surface area contributed by atoms with Crippen LogP contribution in [0.3, 0.4) is 0 Å². The van der Waals surface area contributed by atoms with Crippen molar-refractivity contribution in [1.82, 2.24) is 15.5 Å². The summed E-state index contributed by atoms with van der Waals surface area (Å²) in [5.41, 5.74) is -0.717. The zero-order chi connectivity index (χ0) is 21.0. The monoisotopic (exact) mass is 389 g/mol. The Labute approximate surface area is 159 Å². The standard InChI is InChI=1S/C17H31N3O7/c1-7-18-15(23)26-11-10-20(5)13(21)9-8-12(14(22)25-6)19-16(24)27-17(2,3)4/h12H,7-11H2,1-6H3,(H,18,23)(H,19,24)/t12-/m0/s1. The Kier molecular flexibility index (Phi) is 10.9. The lowest BCUT2D eigenvalue weighted by molar-refractivity contribution is -0.143. The van der Waals surface area contributed by atoms with Gasteiger partial charge in [-0.15, -0.1) is 0 Å². The largest absolute Gasteiger partial charge is 0.467 e. The van der Waals surface area contributed by atoms with Gasteiger partial charge in [-0.25, -0.2) is 14.4 Å². The number of methoxy groups -OCH3 is 1. The van der Waals surface area contributed by atoms with Crippen LogP contribution >= 0.6 is 0 Å². The van der Waals surface area contributed by atoms with Gasteiger partial charge in [-0.1, -0.05) is 0 Å². The van der Waals surface area contributed by atoms with Crippen molar-refractivity contribution in [3.05, 3.63) is 0 Å². The van der Waals surface area contributed by atoms with Gasteiger partial charge in [0.05, 0.1) is 13.7 Å². The number of hydrogen-bond donors (Lipinski definition) is 2.